The number of carbonyl (C=O) groups excluding carboxylic acids is 5. The van der Waals surface area contributed by atoms with E-state index in [9.17, 15) is 32.4 Å². The highest BCUT2D eigenvalue weighted by Crippen LogP contribution is 2.28. The van der Waals surface area contributed by atoms with E-state index in [-0.39, 0.29) is 27.7 Å². The van der Waals surface area contributed by atoms with Crippen LogP contribution in [0.1, 0.15) is 98.5 Å². The van der Waals surface area contributed by atoms with Crippen molar-refractivity contribution in [2.75, 3.05) is 0 Å². The number of nitrogens with one attached hydrogen (secondary N) is 2. The molecule has 2 aromatic carbocycles. The van der Waals surface area contributed by atoms with Crippen LogP contribution >= 0.6 is 11.6 Å². The van der Waals surface area contributed by atoms with Crippen LogP contribution < -0.4 is 14.8 Å². The second kappa shape index (κ2) is 17.3. The maximum absolute atomic E-state index is 13.6. The molecule has 286 valence electrons. The van der Waals surface area contributed by atoms with Gasteiger partial charge in [0, 0.05) is 6.42 Å². The molecule has 2 rings (SSSR count). The number of alkyl carbamates (subject to hydrolysis) is 1. The lowest BCUT2D eigenvalue weighted by Gasteiger charge is -2.29. The number of hydrogen-bond donors (Lipinski definition) is 2. The van der Waals surface area contributed by atoms with E-state index >= 15 is 0 Å². The van der Waals surface area contributed by atoms with Crippen molar-refractivity contribution < 1.29 is 51.3 Å². The van der Waals surface area contributed by atoms with Crippen molar-refractivity contribution in [3.63, 3.8) is 0 Å². The summed E-state index contributed by atoms with van der Waals surface area (Å²) >= 11 is 6.42. The Balaban J connectivity index is 2.28. The number of ether oxygens (including phenoxy) is 4. The molecular formula is C35H47ClN4O11S. The summed E-state index contributed by atoms with van der Waals surface area (Å²) in [6.07, 6.45) is -2.48. The fourth-order valence-electron chi connectivity index (χ4n) is 4.03. The second-order valence-electron chi connectivity index (χ2n) is 14.6. The minimum atomic E-state index is -4.85. The standard InChI is InChI=1S/C35H47ClN4O11S/c1-21(41)18-27(30(43)49-33(3,4)5)39-52(46,47)40(32(45)51-35(9,10)11)20-23-12-17-28(26(36)19-23)48-29(42)24-13-15-25(16-14-24)37-22(2)38-31(44)50-34(6,7)8/h12-17,19,27,39H,18,20H2,1-11H3,(H,37,38,44)/t27-/m0/s1. The van der Waals surface area contributed by atoms with Crippen molar-refractivity contribution in [1.29, 1.82) is 0 Å². The quantitative estimate of drug-likeness (QED) is 0.0845. The third-order valence-electron chi connectivity index (χ3n) is 5.97. The second-order valence-corrected chi connectivity index (χ2v) is 16.7. The van der Waals surface area contributed by atoms with Crippen molar-refractivity contribution in [2.45, 2.75) is 112 Å². The van der Waals surface area contributed by atoms with E-state index in [0.717, 1.165) is 0 Å². The highest BCUT2D eigenvalue weighted by molar-refractivity contribution is 7.87. The Morgan fingerprint density at radius 2 is 1.38 bits per heavy atom. The highest BCUT2D eigenvalue weighted by Gasteiger charge is 2.37. The zero-order valence-corrected chi connectivity index (χ0v) is 32.8. The zero-order chi connectivity index (χ0) is 39.8. The topological polar surface area (TPSA) is 196 Å². The molecule has 15 nitrogen and oxygen atoms in total. The van der Waals surface area contributed by atoms with Gasteiger partial charge in [0.1, 0.15) is 40.2 Å². The number of Topliss-reactive ketones (excluding diaryl/α,β-unsaturated/α-hetero) is 1. The van der Waals surface area contributed by atoms with E-state index in [2.05, 4.69) is 15.0 Å². The van der Waals surface area contributed by atoms with Gasteiger partial charge in [-0.05, 0) is 118 Å². The third-order valence-corrected chi connectivity index (χ3v) is 7.70. The van der Waals surface area contributed by atoms with Crippen LogP contribution in [-0.2, 0) is 40.6 Å². The number of benzene rings is 2. The van der Waals surface area contributed by atoms with E-state index in [0.29, 0.717) is 9.99 Å². The molecule has 0 radical (unpaired) electrons. The first-order chi connectivity index (χ1) is 23.6. The van der Waals surface area contributed by atoms with Crippen molar-refractivity contribution in [3.8, 4) is 5.75 Å². The van der Waals surface area contributed by atoms with E-state index in [1.807, 2.05) is 0 Å². The van der Waals surface area contributed by atoms with Gasteiger partial charge in [0.15, 0.2) is 0 Å². The summed E-state index contributed by atoms with van der Waals surface area (Å²) in [6.45, 7) is 16.7. The van der Waals surface area contributed by atoms with Gasteiger partial charge in [0.25, 0.3) is 0 Å². The molecule has 0 aliphatic heterocycles. The molecule has 0 heterocycles. The molecule has 2 N–H and O–H groups in total. The number of amides is 2. The molecule has 1 atom stereocenters. The Kier molecular flexibility index (Phi) is 14.5. The summed E-state index contributed by atoms with van der Waals surface area (Å²) in [7, 11) is -4.85. The van der Waals surface area contributed by atoms with Gasteiger partial charge >= 0.3 is 34.3 Å². The maximum atomic E-state index is 13.6. The first kappa shape index (κ1) is 43.6. The minimum Gasteiger partial charge on any atom is -0.459 e. The van der Waals surface area contributed by atoms with Crippen molar-refractivity contribution >= 4 is 63.2 Å². The fraction of sp³-hybridized carbons (Fsp3) is 0.486. The van der Waals surface area contributed by atoms with Crippen LogP contribution in [0.15, 0.2) is 47.5 Å². The SMILES string of the molecule is CC(=O)C[C@H](NS(=O)(=O)N(Cc1ccc(OC(=O)c2ccc(N=C(C)NC(=O)OC(C)(C)C)cc2)c(Cl)c1)C(=O)OC(C)(C)C)C(=O)OC(C)(C)C. The number of ketones is 1. The summed E-state index contributed by atoms with van der Waals surface area (Å²) in [6, 6.07) is 8.31. The van der Waals surface area contributed by atoms with Crippen LogP contribution in [0.4, 0.5) is 15.3 Å². The van der Waals surface area contributed by atoms with Gasteiger partial charge in [-0.25, -0.2) is 19.4 Å². The van der Waals surface area contributed by atoms with Gasteiger partial charge in [-0.3, -0.25) is 14.9 Å². The number of halogens is 1. The summed E-state index contributed by atoms with van der Waals surface area (Å²) in [4.78, 5) is 67.1. The molecule has 2 aromatic rings. The Bertz CT molecular complexity index is 1790. The Morgan fingerprint density at radius 1 is 0.827 bits per heavy atom. The van der Waals surface area contributed by atoms with Gasteiger partial charge in [-0.15, -0.1) is 0 Å². The van der Waals surface area contributed by atoms with Gasteiger partial charge < -0.3 is 18.9 Å². The molecule has 17 heteroatoms. The highest BCUT2D eigenvalue weighted by atomic mass is 35.5. The zero-order valence-electron chi connectivity index (χ0n) is 31.2. The molecular weight excluding hydrogens is 720 g/mol. The molecule has 0 bridgehead atoms. The smallest absolute Gasteiger partial charge is 0.425 e. The number of hydrogen-bond acceptors (Lipinski definition) is 12. The molecule has 0 aromatic heterocycles. The fourth-order valence-corrected chi connectivity index (χ4v) is 5.49. The summed E-state index contributed by atoms with van der Waals surface area (Å²) < 4.78 is 51.0. The number of esters is 2. The van der Waals surface area contributed by atoms with E-state index in [1.165, 1.54) is 70.2 Å². The van der Waals surface area contributed by atoms with Crippen LogP contribution in [0.25, 0.3) is 0 Å². The summed E-state index contributed by atoms with van der Waals surface area (Å²) in [5.41, 5.74) is -2.02. The largest absolute Gasteiger partial charge is 0.459 e. The normalized spacial score (nSPS) is 13.0. The Hall–Kier alpha value is -4.54. The average molecular weight is 767 g/mol. The van der Waals surface area contributed by atoms with Crippen LogP contribution in [0, 0.1) is 0 Å². The average Bonchev–Trinajstić information content (AvgIpc) is 2.93. The van der Waals surface area contributed by atoms with Gasteiger partial charge in [-0.1, -0.05) is 17.7 Å². The number of nitrogens with zero attached hydrogens (tertiary/aromatic N) is 2. The van der Waals surface area contributed by atoms with Crippen molar-refractivity contribution in [2.24, 2.45) is 4.99 Å². The minimum absolute atomic E-state index is 0.0637. The molecule has 0 spiro atoms. The number of aliphatic imine (C=N–C) groups is 1. The number of amidine groups is 1. The van der Waals surface area contributed by atoms with E-state index in [1.54, 1.807) is 48.5 Å². The molecule has 0 fully saturated rings. The maximum Gasteiger partial charge on any atom is 0.425 e. The monoisotopic (exact) mass is 766 g/mol. The molecule has 0 aliphatic carbocycles. The van der Waals surface area contributed by atoms with Gasteiger partial charge in [-0.2, -0.15) is 17.4 Å². The lowest BCUT2D eigenvalue weighted by Crippen LogP contribution is -2.52. The molecule has 0 aliphatic rings. The summed E-state index contributed by atoms with van der Waals surface area (Å²) in [5.74, 6) is -2.09. The first-order valence-electron chi connectivity index (χ1n) is 16.1. The lowest BCUT2D eigenvalue weighted by molar-refractivity contribution is -0.157. The first-order valence-corrected chi connectivity index (χ1v) is 17.9. The van der Waals surface area contributed by atoms with Gasteiger partial charge in [0.2, 0.25) is 0 Å². The van der Waals surface area contributed by atoms with E-state index < -0.39 is 75.9 Å². The van der Waals surface area contributed by atoms with Crippen molar-refractivity contribution in [1.82, 2.24) is 14.3 Å². The predicted molar refractivity (Wildman–Crippen MR) is 194 cm³/mol. The number of carbonyl (C=O) groups is 5. The molecule has 0 unspecified atom stereocenters. The van der Waals surface area contributed by atoms with Crippen LogP contribution in [0.5, 0.6) is 5.75 Å². The van der Waals surface area contributed by atoms with Crippen LogP contribution in [-0.4, -0.2) is 71.3 Å². The Labute approximate surface area is 309 Å². The van der Waals surface area contributed by atoms with Gasteiger partial charge in [0.05, 0.1) is 22.8 Å². The van der Waals surface area contributed by atoms with Crippen molar-refractivity contribution in [3.05, 3.63) is 58.6 Å². The molecule has 0 saturated heterocycles. The van der Waals surface area contributed by atoms with E-state index in [4.69, 9.17) is 30.5 Å². The van der Waals surface area contributed by atoms with Crippen LogP contribution in [0.3, 0.4) is 0 Å². The number of rotatable bonds is 11. The van der Waals surface area contributed by atoms with Crippen LogP contribution in [0.2, 0.25) is 5.02 Å². The lowest BCUT2D eigenvalue weighted by atomic mass is 10.1. The summed E-state index contributed by atoms with van der Waals surface area (Å²) in [5, 5.41) is 2.42. The third kappa shape index (κ3) is 15.4. The molecule has 0 saturated carbocycles. The Morgan fingerprint density at radius 3 is 1.88 bits per heavy atom. The predicted octanol–water partition coefficient (Wildman–Crippen LogP) is 6.39. The molecule has 52 heavy (non-hydrogen) atoms. The molecule has 2 amide bonds.